The molecule has 8 nitrogen and oxygen atoms in total. The number of methoxy groups -OCH3 is 1. The Bertz CT molecular complexity index is 1230. The highest BCUT2D eigenvalue weighted by atomic mass is 16.5. The van der Waals surface area contributed by atoms with Gasteiger partial charge in [-0.05, 0) is 49.2 Å². The SMILES string of the molecule is COc1ccc(-c2nc3c4ccccc4nc(NC4CCCCCNC4=O)n3n2)cc1. The fraction of sp³-hybridized carbons (Fsp3) is 0.304. The van der Waals surface area contributed by atoms with Crippen molar-refractivity contribution in [3.63, 3.8) is 0 Å². The predicted molar refractivity (Wildman–Crippen MR) is 119 cm³/mol. The van der Waals surface area contributed by atoms with E-state index in [9.17, 15) is 4.79 Å². The number of hydrogen-bond donors (Lipinski definition) is 2. The van der Waals surface area contributed by atoms with Crippen LogP contribution in [-0.4, -0.2) is 45.2 Å². The van der Waals surface area contributed by atoms with Gasteiger partial charge in [0, 0.05) is 17.5 Å². The quantitative estimate of drug-likeness (QED) is 0.529. The molecule has 4 aromatic rings. The highest BCUT2D eigenvalue weighted by Crippen LogP contribution is 2.26. The number of nitrogens with zero attached hydrogens (tertiary/aromatic N) is 4. The second-order valence-corrected chi connectivity index (χ2v) is 7.69. The van der Waals surface area contributed by atoms with Crippen molar-refractivity contribution >= 4 is 28.4 Å². The Labute approximate surface area is 179 Å². The van der Waals surface area contributed by atoms with Gasteiger partial charge in [0.2, 0.25) is 11.9 Å². The lowest BCUT2D eigenvalue weighted by Crippen LogP contribution is -2.41. The van der Waals surface area contributed by atoms with Crippen molar-refractivity contribution in [3.05, 3.63) is 48.5 Å². The number of carbonyl (C=O) groups excluding carboxylic acids is 1. The van der Waals surface area contributed by atoms with Crippen LogP contribution in [0.5, 0.6) is 5.75 Å². The molecule has 0 spiro atoms. The van der Waals surface area contributed by atoms with Gasteiger partial charge in [-0.1, -0.05) is 25.0 Å². The Morgan fingerprint density at radius 1 is 1.06 bits per heavy atom. The van der Waals surface area contributed by atoms with Crippen LogP contribution in [0.2, 0.25) is 0 Å². The first-order chi connectivity index (χ1) is 15.2. The molecule has 5 rings (SSSR count). The molecule has 1 aliphatic rings. The second kappa shape index (κ2) is 8.22. The highest BCUT2D eigenvalue weighted by molar-refractivity contribution is 5.93. The molecule has 8 heteroatoms. The van der Waals surface area contributed by atoms with Gasteiger partial charge in [0.1, 0.15) is 11.8 Å². The number of hydrogen-bond acceptors (Lipinski definition) is 6. The largest absolute Gasteiger partial charge is 0.497 e. The van der Waals surface area contributed by atoms with Crippen LogP contribution in [-0.2, 0) is 4.79 Å². The number of nitrogens with one attached hydrogen (secondary N) is 2. The molecule has 2 aromatic carbocycles. The third-order valence-corrected chi connectivity index (χ3v) is 5.62. The van der Waals surface area contributed by atoms with Crippen LogP contribution in [0.3, 0.4) is 0 Å². The second-order valence-electron chi connectivity index (χ2n) is 7.69. The molecule has 1 fully saturated rings. The fourth-order valence-electron chi connectivity index (χ4n) is 3.92. The zero-order chi connectivity index (χ0) is 21.2. The Balaban J connectivity index is 1.60. The molecule has 3 heterocycles. The number of carbonyl (C=O) groups is 1. The first-order valence-corrected chi connectivity index (χ1v) is 10.6. The summed E-state index contributed by atoms with van der Waals surface area (Å²) in [7, 11) is 1.64. The molecule has 0 bridgehead atoms. The maximum atomic E-state index is 12.6. The molecule has 0 saturated carbocycles. The minimum atomic E-state index is -0.356. The minimum Gasteiger partial charge on any atom is -0.497 e. The number of amides is 1. The average molecular weight is 416 g/mol. The monoisotopic (exact) mass is 416 g/mol. The van der Waals surface area contributed by atoms with Crippen molar-refractivity contribution in [1.29, 1.82) is 0 Å². The van der Waals surface area contributed by atoms with Gasteiger partial charge < -0.3 is 15.4 Å². The Morgan fingerprint density at radius 2 is 1.90 bits per heavy atom. The number of para-hydroxylation sites is 1. The van der Waals surface area contributed by atoms with E-state index in [4.69, 9.17) is 19.8 Å². The van der Waals surface area contributed by atoms with Gasteiger partial charge in [0.05, 0.1) is 12.6 Å². The van der Waals surface area contributed by atoms with Gasteiger partial charge in [0.25, 0.3) is 0 Å². The average Bonchev–Trinajstić information content (AvgIpc) is 3.25. The molecule has 0 aliphatic carbocycles. The summed E-state index contributed by atoms with van der Waals surface area (Å²) in [6.07, 6.45) is 3.87. The normalized spacial score (nSPS) is 17.2. The standard InChI is InChI=1S/C23H24N6O2/c1-31-16-12-10-15(11-13-16)20-27-21-17-7-4-5-8-18(17)25-23(29(21)28-20)26-19-9-3-2-6-14-24-22(19)30/h4-5,7-8,10-13,19H,2-3,6,9,14H2,1H3,(H,24,30)(H,25,26). The zero-order valence-electron chi connectivity index (χ0n) is 17.3. The number of ether oxygens (including phenoxy) is 1. The first-order valence-electron chi connectivity index (χ1n) is 10.6. The Kier molecular flexibility index (Phi) is 5.11. The maximum Gasteiger partial charge on any atom is 0.242 e. The summed E-state index contributed by atoms with van der Waals surface area (Å²) >= 11 is 0. The van der Waals surface area contributed by atoms with Gasteiger partial charge in [-0.3, -0.25) is 4.79 Å². The van der Waals surface area contributed by atoms with E-state index in [2.05, 4.69) is 10.6 Å². The van der Waals surface area contributed by atoms with Crippen molar-refractivity contribution in [2.75, 3.05) is 19.0 Å². The molecule has 1 amide bonds. The molecule has 158 valence electrons. The third kappa shape index (κ3) is 3.76. The molecule has 2 aromatic heterocycles. The fourth-order valence-corrected chi connectivity index (χ4v) is 3.92. The molecule has 1 atom stereocenters. The van der Waals surface area contributed by atoms with Crippen molar-refractivity contribution in [2.45, 2.75) is 31.7 Å². The number of anilines is 1. The van der Waals surface area contributed by atoms with Crippen LogP contribution < -0.4 is 15.4 Å². The topological polar surface area (TPSA) is 93.4 Å². The van der Waals surface area contributed by atoms with Crippen molar-refractivity contribution in [1.82, 2.24) is 24.9 Å². The third-order valence-electron chi connectivity index (χ3n) is 5.62. The van der Waals surface area contributed by atoms with E-state index in [0.717, 1.165) is 47.9 Å². The van der Waals surface area contributed by atoms with E-state index in [1.165, 1.54) is 0 Å². The van der Waals surface area contributed by atoms with E-state index in [-0.39, 0.29) is 11.9 Å². The summed E-state index contributed by atoms with van der Waals surface area (Å²) in [6.45, 7) is 0.711. The van der Waals surface area contributed by atoms with Gasteiger partial charge in [0.15, 0.2) is 11.5 Å². The molecule has 1 aliphatic heterocycles. The summed E-state index contributed by atoms with van der Waals surface area (Å²) in [5.41, 5.74) is 2.38. The van der Waals surface area contributed by atoms with E-state index < -0.39 is 0 Å². The van der Waals surface area contributed by atoms with Crippen LogP contribution in [0.25, 0.3) is 27.9 Å². The van der Waals surface area contributed by atoms with Gasteiger partial charge in [-0.15, -0.1) is 5.10 Å². The van der Waals surface area contributed by atoms with Gasteiger partial charge in [-0.2, -0.15) is 4.52 Å². The van der Waals surface area contributed by atoms with Crippen LogP contribution in [0, 0.1) is 0 Å². The highest BCUT2D eigenvalue weighted by Gasteiger charge is 2.23. The van der Waals surface area contributed by atoms with Gasteiger partial charge >= 0.3 is 0 Å². The predicted octanol–water partition coefficient (Wildman–Crippen LogP) is 3.42. The first kappa shape index (κ1) is 19.3. The number of benzene rings is 2. The van der Waals surface area contributed by atoms with E-state index >= 15 is 0 Å². The molecule has 0 radical (unpaired) electrons. The summed E-state index contributed by atoms with van der Waals surface area (Å²) in [5.74, 6) is 1.88. The lowest BCUT2D eigenvalue weighted by Gasteiger charge is -2.21. The molecular formula is C23H24N6O2. The van der Waals surface area contributed by atoms with Crippen molar-refractivity contribution in [2.24, 2.45) is 0 Å². The lowest BCUT2D eigenvalue weighted by molar-refractivity contribution is -0.122. The molecular weight excluding hydrogens is 392 g/mol. The smallest absolute Gasteiger partial charge is 0.242 e. The molecule has 1 saturated heterocycles. The minimum absolute atomic E-state index is 0.00157. The molecule has 31 heavy (non-hydrogen) atoms. The van der Waals surface area contributed by atoms with Crippen molar-refractivity contribution < 1.29 is 9.53 Å². The van der Waals surface area contributed by atoms with Crippen LogP contribution in [0.4, 0.5) is 5.95 Å². The number of fused-ring (bicyclic) bond motifs is 3. The number of aromatic nitrogens is 4. The van der Waals surface area contributed by atoms with Crippen LogP contribution in [0.1, 0.15) is 25.7 Å². The lowest BCUT2D eigenvalue weighted by atomic mass is 10.1. The van der Waals surface area contributed by atoms with Gasteiger partial charge in [-0.25, -0.2) is 9.97 Å². The zero-order valence-corrected chi connectivity index (χ0v) is 17.3. The summed E-state index contributed by atoms with van der Waals surface area (Å²) in [5, 5.41) is 12.0. The maximum absolute atomic E-state index is 12.6. The van der Waals surface area contributed by atoms with E-state index in [0.29, 0.717) is 24.0 Å². The Morgan fingerprint density at radius 3 is 2.74 bits per heavy atom. The summed E-state index contributed by atoms with van der Waals surface area (Å²) < 4.78 is 6.95. The van der Waals surface area contributed by atoms with Crippen LogP contribution >= 0.6 is 0 Å². The van der Waals surface area contributed by atoms with E-state index in [1.54, 1.807) is 11.6 Å². The summed E-state index contributed by atoms with van der Waals surface area (Å²) in [6, 6.07) is 15.1. The van der Waals surface area contributed by atoms with E-state index in [1.807, 2.05) is 48.5 Å². The molecule has 1 unspecified atom stereocenters. The number of rotatable bonds is 4. The molecule has 2 N–H and O–H groups in total. The van der Waals surface area contributed by atoms with Crippen LogP contribution in [0.15, 0.2) is 48.5 Å². The van der Waals surface area contributed by atoms with Crippen molar-refractivity contribution in [3.8, 4) is 17.1 Å². The Hall–Kier alpha value is -3.68. The summed E-state index contributed by atoms with van der Waals surface area (Å²) in [4.78, 5) is 22.2.